The second-order valence-electron chi connectivity index (χ2n) is 11.5. The van der Waals surface area contributed by atoms with E-state index in [2.05, 4.69) is 95.6 Å². The second kappa shape index (κ2) is 10.2. The highest BCUT2D eigenvalue weighted by Gasteiger charge is 2.21. The van der Waals surface area contributed by atoms with Gasteiger partial charge in [0.25, 0.3) is 0 Å². The van der Waals surface area contributed by atoms with Crippen LogP contribution in [-0.2, 0) is 0 Å². The van der Waals surface area contributed by atoms with Gasteiger partial charge in [-0.1, -0.05) is 91.0 Å². The fourth-order valence-electron chi connectivity index (χ4n) is 6.55. The molecule has 0 aliphatic heterocycles. The number of hydrogen-bond donors (Lipinski definition) is 0. The molecule has 0 bridgehead atoms. The normalized spacial score (nSPS) is 11.8. The summed E-state index contributed by atoms with van der Waals surface area (Å²) in [6.07, 6.45) is 0. The van der Waals surface area contributed by atoms with Crippen LogP contribution in [0.3, 0.4) is 0 Å². The van der Waals surface area contributed by atoms with Crippen LogP contribution < -0.4 is 0 Å². The fourth-order valence-corrected chi connectivity index (χ4v) is 7.69. The quantitative estimate of drug-likeness (QED) is 0.196. The van der Waals surface area contributed by atoms with Crippen molar-refractivity contribution in [3.05, 3.63) is 140 Å². The molecule has 0 fully saturated rings. The third-order valence-electron chi connectivity index (χ3n) is 8.72. The van der Waals surface area contributed by atoms with Gasteiger partial charge >= 0.3 is 0 Å². The summed E-state index contributed by atoms with van der Waals surface area (Å²) >= 11 is 1.78. The zero-order valence-electron chi connectivity index (χ0n) is 24.8. The molecule has 0 N–H and O–H groups in total. The van der Waals surface area contributed by atoms with Gasteiger partial charge in [-0.15, -0.1) is 11.3 Å². The van der Waals surface area contributed by atoms with Crippen molar-refractivity contribution in [2.24, 2.45) is 0 Å². The summed E-state index contributed by atoms with van der Waals surface area (Å²) in [6.45, 7) is 0. The van der Waals surface area contributed by atoms with E-state index in [-0.39, 0.29) is 0 Å². The molecule has 4 aromatic heterocycles. The smallest absolute Gasteiger partial charge is 0.238 e. The van der Waals surface area contributed by atoms with Gasteiger partial charge in [0.05, 0.1) is 16.6 Å². The molecule has 6 aromatic carbocycles. The average Bonchev–Trinajstić information content (AvgIpc) is 3.83. The molecule has 10 rings (SSSR count). The van der Waals surface area contributed by atoms with E-state index in [0.29, 0.717) is 29.1 Å². The van der Waals surface area contributed by atoms with Gasteiger partial charge in [0.2, 0.25) is 11.8 Å². The van der Waals surface area contributed by atoms with Gasteiger partial charge in [-0.3, -0.25) is 4.57 Å². The summed E-state index contributed by atoms with van der Waals surface area (Å²) in [5, 5.41) is 4.77. The van der Waals surface area contributed by atoms with Crippen LogP contribution in [0.5, 0.6) is 0 Å². The molecule has 6 nitrogen and oxygen atoms in total. The van der Waals surface area contributed by atoms with Gasteiger partial charge in [0.1, 0.15) is 5.52 Å². The Labute approximate surface area is 272 Å². The zero-order chi connectivity index (χ0) is 30.9. The first-order chi connectivity index (χ1) is 23.3. The largest absolute Gasteiger partial charge is 0.435 e. The van der Waals surface area contributed by atoms with Crippen LogP contribution in [0.2, 0.25) is 0 Å². The molecule has 220 valence electrons. The maximum Gasteiger partial charge on any atom is 0.238 e. The van der Waals surface area contributed by atoms with Crippen LogP contribution in [-0.4, -0.2) is 24.5 Å². The monoisotopic (exact) mass is 621 g/mol. The lowest BCUT2D eigenvalue weighted by molar-refractivity contribution is 0.620. The van der Waals surface area contributed by atoms with Crippen LogP contribution in [0.1, 0.15) is 0 Å². The Hall–Kier alpha value is -6.18. The molecular formula is C40H23N5OS. The summed E-state index contributed by atoms with van der Waals surface area (Å²) in [4.78, 5) is 20.3. The highest BCUT2D eigenvalue weighted by Crippen LogP contribution is 2.38. The number of oxazole rings is 1. The fraction of sp³-hybridized carbons (Fsp3) is 0. The Morgan fingerprint density at radius 3 is 1.98 bits per heavy atom. The van der Waals surface area contributed by atoms with E-state index in [1.807, 2.05) is 48.5 Å². The number of thiophene rings is 1. The Morgan fingerprint density at radius 2 is 1.17 bits per heavy atom. The van der Waals surface area contributed by atoms with Crippen LogP contribution >= 0.6 is 11.3 Å². The molecule has 4 heterocycles. The standard InChI is InChI=1S/C40H23N5OS/c1-2-11-24(12-3-1)39-41-31-17-10-16-30(36(31)46-39)38-42-37(25-21-22-29-28-15-6-9-20-34(28)47-35(29)23-25)43-40(44-38)45-32-18-7-4-13-26(32)27-14-5-8-19-33(27)45/h1-23H. The van der Waals surface area contributed by atoms with Crippen LogP contribution in [0.15, 0.2) is 144 Å². The number of para-hydroxylation sites is 3. The molecule has 7 heteroatoms. The maximum absolute atomic E-state index is 6.43. The summed E-state index contributed by atoms with van der Waals surface area (Å²) in [5.41, 5.74) is 6.02. The van der Waals surface area contributed by atoms with E-state index in [1.54, 1.807) is 11.3 Å². The van der Waals surface area contributed by atoms with E-state index in [1.165, 1.54) is 20.2 Å². The second-order valence-corrected chi connectivity index (χ2v) is 12.6. The highest BCUT2D eigenvalue weighted by molar-refractivity contribution is 7.25. The third kappa shape index (κ3) is 4.10. The highest BCUT2D eigenvalue weighted by atomic mass is 32.1. The Morgan fingerprint density at radius 1 is 0.489 bits per heavy atom. The lowest BCUT2D eigenvalue weighted by atomic mass is 10.1. The molecular weight excluding hydrogens is 599 g/mol. The molecule has 0 aliphatic carbocycles. The first kappa shape index (κ1) is 26.1. The van der Waals surface area contributed by atoms with Crippen molar-refractivity contribution in [3.63, 3.8) is 0 Å². The molecule has 0 atom stereocenters. The van der Waals surface area contributed by atoms with E-state index in [0.717, 1.165) is 44.0 Å². The predicted molar refractivity (Wildman–Crippen MR) is 191 cm³/mol. The molecule has 0 unspecified atom stereocenters. The molecule has 10 aromatic rings. The average molecular weight is 622 g/mol. The van der Waals surface area contributed by atoms with E-state index >= 15 is 0 Å². The summed E-state index contributed by atoms with van der Waals surface area (Å²) in [5.74, 6) is 2.20. The Balaban J connectivity index is 1.25. The third-order valence-corrected chi connectivity index (χ3v) is 9.85. The number of aromatic nitrogens is 5. The minimum absolute atomic E-state index is 0.518. The number of rotatable bonds is 4. The van der Waals surface area contributed by atoms with Gasteiger partial charge in [-0.25, -0.2) is 9.97 Å². The first-order valence-corrected chi connectivity index (χ1v) is 16.2. The summed E-state index contributed by atoms with van der Waals surface area (Å²) in [6, 6.07) is 47.6. The van der Waals surface area contributed by atoms with Crippen LogP contribution in [0.4, 0.5) is 0 Å². The van der Waals surface area contributed by atoms with Crippen LogP contribution in [0.25, 0.3) is 93.3 Å². The number of nitrogens with zero attached hydrogens (tertiary/aromatic N) is 5. The van der Waals surface area contributed by atoms with Gasteiger partial charge in [-0.05, 0) is 48.5 Å². The predicted octanol–water partition coefficient (Wildman–Crippen LogP) is 10.5. The lowest BCUT2D eigenvalue weighted by Crippen LogP contribution is -2.06. The summed E-state index contributed by atoms with van der Waals surface area (Å²) in [7, 11) is 0. The van der Waals surface area contributed by atoms with Crippen molar-refractivity contribution >= 4 is 64.4 Å². The van der Waals surface area contributed by atoms with Gasteiger partial charge < -0.3 is 4.42 Å². The van der Waals surface area contributed by atoms with Crippen molar-refractivity contribution in [3.8, 4) is 40.2 Å². The van der Waals surface area contributed by atoms with Gasteiger partial charge in [0, 0.05) is 42.1 Å². The Kier molecular flexibility index (Phi) is 5.64. The number of hydrogen-bond acceptors (Lipinski definition) is 6. The molecule has 0 amide bonds. The molecule has 0 saturated carbocycles. The van der Waals surface area contributed by atoms with Crippen molar-refractivity contribution in [1.82, 2.24) is 24.5 Å². The van der Waals surface area contributed by atoms with Crippen molar-refractivity contribution in [2.45, 2.75) is 0 Å². The van der Waals surface area contributed by atoms with E-state index in [9.17, 15) is 0 Å². The molecule has 0 spiro atoms. The molecule has 0 radical (unpaired) electrons. The summed E-state index contributed by atoms with van der Waals surface area (Å²) < 4.78 is 11.0. The van der Waals surface area contributed by atoms with Gasteiger partial charge in [0.15, 0.2) is 17.2 Å². The van der Waals surface area contributed by atoms with Crippen LogP contribution in [0, 0.1) is 0 Å². The van der Waals surface area contributed by atoms with E-state index < -0.39 is 0 Å². The minimum Gasteiger partial charge on any atom is -0.435 e. The molecule has 0 aliphatic rings. The van der Waals surface area contributed by atoms with Gasteiger partial charge in [-0.2, -0.15) is 9.97 Å². The van der Waals surface area contributed by atoms with E-state index in [4.69, 9.17) is 24.4 Å². The molecule has 47 heavy (non-hydrogen) atoms. The number of benzene rings is 6. The lowest BCUT2D eigenvalue weighted by Gasteiger charge is -2.11. The minimum atomic E-state index is 0.518. The van der Waals surface area contributed by atoms with Crippen molar-refractivity contribution < 1.29 is 4.42 Å². The number of fused-ring (bicyclic) bond motifs is 7. The van der Waals surface area contributed by atoms with Crippen molar-refractivity contribution in [2.75, 3.05) is 0 Å². The maximum atomic E-state index is 6.43. The first-order valence-electron chi connectivity index (χ1n) is 15.4. The topological polar surface area (TPSA) is 69.6 Å². The SMILES string of the molecule is c1ccc(-c2nc3cccc(-c4nc(-c5ccc6c(c5)sc5ccccc56)nc(-n5c6ccccc6c6ccccc65)n4)c3o2)cc1. The molecule has 0 saturated heterocycles. The Bertz CT molecular complexity index is 2760. The zero-order valence-corrected chi connectivity index (χ0v) is 25.6. The van der Waals surface area contributed by atoms with Crippen molar-refractivity contribution in [1.29, 1.82) is 0 Å².